The number of hydrogen-bond acceptors (Lipinski definition) is 3. The molecule has 3 aromatic rings. The SMILES string of the molecule is CCc1cccc2c(C3CCN(C(=O)c4ccc(C(=O)O)nc4)CC3)c[nH]c12. The molecule has 1 fully saturated rings. The zero-order valence-electron chi connectivity index (χ0n) is 15.8. The van der Waals surface area contributed by atoms with Crippen molar-refractivity contribution in [3.05, 3.63) is 65.1 Å². The van der Waals surface area contributed by atoms with Crippen molar-refractivity contribution in [1.82, 2.24) is 14.9 Å². The molecule has 6 heteroatoms. The quantitative estimate of drug-likeness (QED) is 0.723. The molecule has 3 heterocycles. The van der Waals surface area contributed by atoms with Crippen molar-refractivity contribution >= 4 is 22.8 Å². The molecule has 0 atom stereocenters. The van der Waals surface area contributed by atoms with Crippen LogP contribution in [0.25, 0.3) is 10.9 Å². The Kier molecular flexibility index (Phi) is 4.86. The van der Waals surface area contributed by atoms with Gasteiger partial charge in [-0.15, -0.1) is 0 Å². The van der Waals surface area contributed by atoms with E-state index in [0.29, 0.717) is 24.6 Å². The maximum Gasteiger partial charge on any atom is 0.354 e. The molecule has 0 spiro atoms. The molecule has 0 bridgehead atoms. The number of aromatic carboxylic acids is 1. The first kappa shape index (κ1) is 18.2. The summed E-state index contributed by atoms with van der Waals surface area (Å²) in [4.78, 5) is 32.7. The van der Waals surface area contributed by atoms with E-state index in [4.69, 9.17) is 5.11 Å². The normalized spacial score (nSPS) is 15.1. The zero-order valence-corrected chi connectivity index (χ0v) is 15.8. The summed E-state index contributed by atoms with van der Waals surface area (Å²) in [6, 6.07) is 9.36. The number of pyridine rings is 1. The Balaban J connectivity index is 1.46. The molecule has 0 radical (unpaired) electrons. The highest BCUT2D eigenvalue weighted by molar-refractivity contribution is 5.95. The van der Waals surface area contributed by atoms with Gasteiger partial charge in [0.15, 0.2) is 0 Å². The minimum absolute atomic E-state index is 0.0546. The minimum Gasteiger partial charge on any atom is -0.477 e. The van der Waals surface area contributed by atoms with Gasteiger partial charge in [-0.1, -0.05) is 25.1 Å². The molecule has 144 valence electrons. The van der Waals surface area contributed by atoms with Crippen molar-refractivity contribution in [3.63, 3.8) is 0 Å². The second-order valence-corrected chi connectivity index (χ2v) is 7.24. The number of piperidine rings is 1. The first-order valence-electron chi connectivity index (χ1n) is 9.66. The Morgan fingerprint density at radius 2 is 2.00 bits per heavy atom. The van der Waals surface area contributed by atoms with E-state index in [1.807, 2.05) is 4.90 Å². The molecule has 1 saturated heterocycles. The number of fused-ring (bicyclic) bond motifs is 1. The van der Waals surface area contributed by atoms with Gasteiger partial charge in [0.05, 0.1) is 5.56 Å². The highest BCUT2D eigenvalue weighted by Crippen LogP contribution is 2.34. The van der Waals surface area contributed by atoms with Crippen LogP contribution in [-0.2, 0) is 6.42 Å². The van der Waals surface area contributed by atoms with Crippen LogP contribution in [0.15, 0.2) is 42.7 Å². The molecule has 28 heavy (non-hydrogen) atoms. The summed E-state index contributed by atoms with van der Waals surface area (Å²) >= 11 is 0. The summed E-state index contributed by atoms with van der Waals surface area (Å²) in [5, 5.41) is 10.2. The van der Waals surface area contributed by atoms with E-state index in [1.165, 1.54) is 40.4 Å². The molecule has 4 rings (SSSR count). The maximum absolute atomic E-state index is 12.7. The topological polar surface area (TPSA) is 86.3 Å². The zero-order chi connectivity index (χ0) is 19.7. The van der Waals surface area contributed by atoms with Crippen molar-refractivity contribution < 1.29 is 14.7 Å². The Bertz CT molecular complexity index is 1020. The van der Waals surface area contributed by atoms with Crippen LogP contribution in [0.2, 0.25) is 0 Å². The number of nitrogens with zero attached hydrogens (tertiary/aromatic N) is 2. The fourth-order valence-electron chi connectivity index (χ4n) is 4.09. The lowest BCUT2D eigenvalue weighted by Crippen LogP contribution is -2.38. The third kappa shape index (κ3) is 3.26. The van der Waals surface area contributed by atoms with Crippen LogP contribution in [0.3, 0.4) is 0 Å². The van der Waals surface area contributed by atoms with Gasteiger partial charge < -0.3 is 15.0 Å². The molecule has 2 aromatic heterocycles. The number of likely N-dealkylation sites (tertiary alicyclic amines) is 1. The summed E-state index contributed by atoms with van der Waals surface area (Å²) in [6.07, 6.45) is 6.30. The number of para-hydroxylation sites is 1. The van der Waals surface area contributed by atoms with Crippen LogP contribution in [-0.4, -0.2) is 44.9 Å². The predicted molar refractivity (Wildman–Crippen MR) is 107 cm³/mol. The molecule has 2 N–H and O–H groups in total. The van der Waals surface area contributed by atoms with Gasteiger partial charge in [0.1, 0.15) is 5.69 Å². The second kappa shape index (κ2) is 7.46. The van der Waals surface area contributed by atoms with Gasteiger partial charge in [-0.2, -0.15) is 0 Å². The maximum atomic E-state index is 12.7. The van der Waals surface area contributed by atoms with Crippen molar-refractivity contribution in [2.24, 2.45) is 0 Å². The summed E-state index contributed by atoms with van der Waals surface area (Å²) in [5.74, 6) is -0.753. The third-order valence-electron chi connectivity index (χ3n) is 5.67. The number of hydrogen-bond donors (Lipinski definition) is 2. The number of carboxylic acids is 1. The van der Waals surface area contributed by atoms with E-state index in [0.717, 1.165) is 19.3 Å². The van der Waals surface area contributed by atoms with Gasteiger partial charge in [-0.3, -0.25) is 4.79 Å². The fourth-order valence-corrected chi connectivity index (χ4v) is 4.09. The van der Waals surface area contributed by atoms with E-state index in [-0.39, 0.29) is 11.6 Å². The lowest BCUT2D eigenvalue weighted by atomic mass is 9.88. The smallest absolute Gasteiger partial charge is 0.354 e. The number of H-pyrrole nitrogens is 1. The molecule has 0 saturated carbocycles. The number of amides is 1. The third-order valence-corrected chi connectivity index (χ3v) is 5.67. The summed E-state index contributed by atoms with van der Waals surface area (Å²) in [7, 11) is 0. The molecular formula is C22H23N3O3. The molecule has 1 amide bonds. The number of aromatic amines is 1. The number of carboxylic acid groups (broad SMARTS) is 1. The summed E-state index contributed by atoms with van der Waals surface area (Å²) < 4.78 is 0. The van der Waals surface area contributed by atoms with Crippen LogP contribution in [0, 0.1) is 0 Å². The highest BCUT2D eigenvalue weighted by Gasteiger charge is 2.26. The molecule has 0 aliphatic carbocycles. The number of nitrogens with one attached hydrogen (secondary N) is 1. The number of rotatable bonds is 4. The largest absolute Gasteiger partial charge is 0.477 e. The van der Waals surface area contributed by atoms with Crippen molar-refractivity contribution in [2.75, 3.05) is 13.1 Å². The van der Waals surface area contributed by atoms with Gasteiger partial charge in [-0.05, 0) is 48.4 Å². The Hall–Kier alpha value is -3.15. The van der Waals surface area contributed by atoms with Gasteiger partial charge in [0, 0.05) is 36.4 Å². The average molecular weight is 377 g/mol. The number of aryl methyl sites for hydroxylation is 1. The Morgan fingerprint density at radius 1 is 1.21 bits per heavy atom. The van der Waals surface area contributed by atoms with Crippen LogP contribution in [0.4, 0.5) is 0 Å². The first-order chi connectivity index (χ1) is 13.6. The molecule has 6 nitrogen and oxygen atoms in total. The van der Waals surface area contributed by atoms with Crippen LogP contribution in [0.5, 0.6) is 0 Å². The van der Waals surface area contributed by atoms with Gasteiger partial charge in [-0.25, -0.2) is 9.78 Å². The van der Waals surface area contributed by atoms with E-state index < -0.39 is 5.97 Å². The van der Waals surface area contributed by atoms with Crippen molar-refractivity contribution in [3.8, 4) is 0 Å². The molecule has 1 aliphatic rings. The fraction of sp³-hybridized carbons (Fsp3) is 0.318. The van der Waals surface area contributed by atoms with Crippen molar-refractivity contribution in [1.29, 1.82) is 0 Å². The highest BCUT2D eigenvalue weighted by atomic mass is 16.4. The number of aromatic nitrogens is 2. The first-order valence-corrected chi connectivity index (χ1v) is 9.66. The molecular weight excluding hydrogens is 354 g/mol. The van der Waals surface area contributed by atoms with Crippen LogP contribution >= 0.6 is 0 Å². The molecule has 1 aromatic carbocycles. The number of benzene rings is 1. The van der Waals surface area contributed by atoms with Crippen LogP contribution in [0.1, 0.15) is 57.7 Å². The lowest BCUT2D eigenvalue weighted by Gasteiger charge is -2.32. The second-order valence-electron chi connectivity index (χ2n) is 7.24. The Morgan fingerprint density at radius 3 is 2.64 bits per heavy atom. The van der Waals surface area contributed by atoms with E-state index in [1.54, 1.807) is 0 Å². The molecule has 1 aliphatic heterocycles. The standard InChI is InChI=1S/C22H23N3O3/c1-2-14-4-3-5-17-18(13-24-20(14)17)15-8-10-25(11-9-15)21(26)16-6-7-19(22(27)28)23-12-16/h3-7,12-13,15,24H,2,8-11H2,1H3,(H,27,28). The lowest BCUT2D eigenvalue weighted by molar-refractivity contribution is 0.0682. The number of carbonyl (C=O) groups is 2. The Labute approximate surface area is 163 Å². The summed E-state index contributed by atoms with van der Waals surface area (Å²) in [6.45, 7) is 3.53. The average Bonchev–Trinajstić information content (AvgIpc) is 3.17. The van der Waals surface area contributed by atoms with Crippen molar-refractivity contribution in [2.45, 2.75) is 32.1 Å². The minimum atomic E-state index is -1.09. The van der Waals surface area contributed by atoms with Gasteiger partial charge >= 0.3 is 5.97 Å². The monoisotopic (exact) mass is 377 g/mol. The molecule has 0 unspecified atom stereocenters. The van der Waals surface area contributed by atoms with E-state index in [2.05, 4.69) is 41.3 Å². The van der Waals surface area contributed by atoms with E-state index >= 15 is 0 Å². The van der Waals surface area contributed by atoms with Gasteiger partial charge in [0.25, 0.3) is 5.91 Å². The predicted octanol–water partition coefficient (Wildman–Crippen LogP) is 3.84. The summed E-state index contributed by atoms with van der Waals surface area (Å²) in [5.41, 5.74) is 4.27. The van der Waals surface area contributed by atoms with Gasteiger partial charge in [0.2, 0.25) is 0 Å². The number of carbonyl (C=O) groups excluding carboxylic acids is 1. The van der Waals surface area contributed by atoms with Crippen LogP contribution < -0.4 is 0 Å². The van der Waals surface area contributed by atoms with E-state index in [9.17, 15) is 9.59 Å².